The van der Waals surface area contributed by atoms with E-state index in [1.807, 2.05) is 13.1 Å². The summed E-state index contributed by atoms with van der Waals surface area (Å²) >= 11 is 1.58. The Balaban J connectivity index is 1.26. The van der Waals surface area contributed by atoms with Crippen LogP contribution in [-0.4, -0.2) is 88.5 Å². The molecule has 6 heterocycles. The molecule has 12 nitrogen and oxygen atoms in total. The van der Waals surface area contributed by atoms with E-state index in [2.05, 4.69) is 84.9 Å². The first-order valence-electron chi connectivity index (χ1n) is 21.3. The zero-order valence-electron chi connectivity index (χ0n) is 35.2. The smallest absolute Gasteiger partial charge is 0.324 e. The summed E-state index contributed by atoms with van der Waals surface area (Å²) < 4.78 is 14.4. The van der Waals surface area contributed by atoms with E-state index in [4.69, 9.17) is 19.4 Å². The summed E-state index contributed by atoms with van der Waals surface area (Å²) in [5, 5.41) is 24.7. The summed E-state index contributed by atoms with van der Waals surface area (Å²) in [6.45, 7) is 16.7. The van der Waals surface area contributed by atoms with Crippen LogP contribution in [-0.2, 0) is 44.1 Å². The van der Waals surface area contributed by atoms with Crippen LogP contribution in [0.1, 0.15) is 95.2 Å². The highest BCUT2D eigenvalue weighted by atomic mass is 32.1. The maximum Gasteiger partial charge on any atom is 0.324 e. The average Bonchev–Trinajstić information content (AvgIpc) is 3.51. The highest BCUT2D eigenvalue weighted by Gasteiger charge is 2.43. The monoisotopic (exact) mass is 811 g/mol. The van der Waals surface area contributed by atoms with Crippen LogP contribution in [0.4, 0.5) is 0 Å². The lowest BCUT2D eigenvalue weighted by Gasteiger charge is -2.35. The molecule has 4 N–H and O–H groups in total. The highest BCUT2D eigenvalue weighted by Crippen LogP contribution is 2.45. The van der Waals surface area contributed by atoms with Crippen molar-refractivity contribution in [1.82, 2.24) is 35.6 Å². The molecule has 1 saturated carbocycles. The molecule has 312 valence electrons. The van der Waals surface area contributed by atoms with Crippen LogP contribution in [0.5, 0.6) is 0 Å². The van der Waals surface area contributed by atoms with Gasteiger partial charge in [0.05, 0.1) is 46.4 Å². The number of hydrazine groups is 1. The van der Waals surface area contributed by atoms with Gasteiger partial charge in [-0.1, -0.05) is 33.8 Å². The number of nitrogens with one attached hydrogen (secondary N) is 3. The Morgan fingerprint density at radius 1 is 1.16 bits per heavy atom. The zero-order valence-corrected chi connectivity index (χ0v) is 36.0. The second kappa shape index (κ2) is 16.4. The number of cyclic esters (lactones) is 1. The normalized spacial score (nSPS) is 26.6. The van der Waals surface area contributed by atoms with Gasteiger partial charge in [0.15, 0.2) is 0 Å². The van der Waals surface area contributed by atoms with Gasteiger partial charge < -0.3 is 29.8 Å². The molecule has 1 unspecified atom stereocenters. The Bertz CT molecular complexity index is 2150. The van der Waals surface area contributed by atoms with Gasteiger partial charge in [0.1, 0.15) is 6.04 Å². The second-order valence-electron chi connectivity index (χ2n) is 18.1. The number of nitrogens with zero attached hydrogens (tertiary/aromatic N) is 4. The third-order valence-electron chi connectivity index (χ3n) is 13.5. The Kier molecular flexibility index (Phi) is 11.6. The van der Waals surface area contributed by atoms with Crippen LogP contribution < -0.4 is 16.1 Å². The number of benzene rings is 1. The molecule has 3 aliphatic heterocycles. The topological polar surface area (TPSA) is 143 Å². The van der Waals surface area contributed by atoms with Crippen molar-refractivity contribution in [2.75, 3.05) is 39.9 Å². The van der Waals surface area contributed by atoms with Crippen molar-refractivity contribution in [1.29, 1.82) is 0 Å². The van der Waals surface area contributed by atoms with Gasteiger partial charge in [-0.05, 0) is 107 Å². The minimum Gasteiger partial charge on any atom is -0.464 e. The molecule has 6 atom stereocenters. The van der Waals surface area contributed by atoms with Crippen LogP contribution in [0.2, 0.25) is 0 Å². The lowest BCUT2D eigenvalue weighted by atomic mass is 9.82. The lowest BCUT2D eigenvalue weighted by Crippen LogP contribution is -2.60. The van der Waals surface area contributed by atoms with Gasteiger partial charge in [-0.3, -0.25) is 19.6 Å². The minimum absolute atomic E-state index is 0.0656. The van der Waals surface area contributed by atoms with Crippen molar-refractivity contribution in [3.8, 4) is 22.5 Å². The average molecular weight is 812 g/mol. The lowest BCUT2D eigenvalue weighted by molar-refractivity contribution is -0.155. The number of thiazole rings is 1. The number of pyridine rings is 1. The number of aromatic nitrogens is 3. The summed E-state index contributed by atoms with van der Waals surface area (Å²) in [5.74, 6) is 1.38. The Labute approximate surface area is 346 Å². The van der Waals surface area contributed by atoms with E-state index in [1.54, 1.807) is 23.5 Å². The number of hydrogen-bond acceptors (Lipinski definition) is 11. The van der Waals surface area contributed by atoms with E-state index in [-0.39, 0.29) is 24.6 Å². The second-order valence-corrected chi connectivity index (χ2v) is 19.0. The fraction of sp³-hybridized carbons (Fsp3) is 0.600. The molecule has 1 amide bonds. The van der Waals surface area contributed by atoms with E-state index in [0.717, 1.165) is 74.9 Å². The molecule has 1 aliphatic carbocycles. The van der Waals surface area contributed by atoms with Crippen molar-refractivity contribution >= 4 is 34.1 Å². The number of rotatable bonds is 8. The molecule has 1 aromatic carbocycles. The molecule has 0 spiro atoms. The van der Waals surface area contributed by atoms with Crippen molar-refractivity contribution in [2.24, 2.45) is 23.2 Å². The minimum atomic E-state index is -0.993. The van der Waals surface area contributed by atoms with E-state index in [9.17, 15) is 14.7 Å². The molecule has 3 aromatic heterocycles. The maximum absolute atomic E-state index is 14.2. The quantitative estimate of drug-likeness (QED) is 0.153. The fourth-order valence-corrected chi connectivity index (χ4v) is 10.3. The third kappa shape index (κ3) is 7.98. The largest absolute Gasteiger partial charge is 0.464 e. The maximum atomic E-state index is 14.2. The predicted octanol–water partition coefficient (Wildman–Crippen LogP) is 6.15. The van der Waals surface area contributed by atoms with Crippen molar-refractivity contribution in [3.63, 3.8) is 0 Å². The molecule has 58 heavy (non-hydrogen) atoms. The number of aliphatic hydroxyl groups is 1. The van der Waals surface area contributed by atoms with E-state index in [1.165, 1.54) is 0 Å². The molecule has 3 fully saturated rings. The number of ether oxygens (including phenoxy) is 2. The van der Waals surface area contributed by atoms with Crippen LogP contribution in [0.15, 0.2) is 35.8 Å². The molecular weight excluding hydrogens is 751 g/mol. The van der Waals surface area contributed by atoms with E-state index < -0.39 is 23.1 Å². The fourth-order valence-electron chi connectivity index (χ4n) is 9.46. The van der Waals surface area contributed by atoms with Crippen molar-refractivity contribution < 1.29 is 24.2 Å². The summed E-state index contributed by atoms with van der Waals surface area (Å²) in [7, 11) is 1.70. The Morgan fingerprint density at radius 3 is 2.66 bits per heavy atom. The molecular formula is C45H61N7O5S. The standard InChI is InChI=1S/C45H61N7O5S/c1-8-51-38-12-11-29-18-31(38)33(41(51)32-19-30(22-48-40(32)28(4)56-7)45(55)13-15-46-16-14-45)21-44(5,6)25-57-43(54)35-10-9-17-52(50-35)42(53)36(20-39-49-37(29)24-58-39)47-23-34-26(2)27(34)3/h11-12,18-19,22,24,26-28,34-36,46-47,50,55H,8-10,13-17,20-21,23,25H2,1-7H3/t26-,27+,28-,34?,35-,36-/m0/s1. The highest BCUT2D eigenvalue weighted by molar-refractivity contribution is 7.10. The number of esters is 1. The van der Waals surface area contributed by atoms with Gasteiger partial charge in [0.2, 0.25) is 0 Å². The van der Waals surface area contributed by atoms with Crippen LogP contribution in [0, 0.1) is 23.2 Å². The molecule has 6 bridgehead atoms. The van der Waals surface area contributed by atoms with Crippen LogP contribution in [0.25, 0.3) is 33.4 Å². The molecule has 0 radical (unpaired) electrons. The van der Waals surface area contributed by atoms with Crippen molar-refractivity contribution in [3.05, 3.63) is 57.7 Å². The molecule has 4 aromatic rings. The van der Waals surface area contributed by atoms with E-state index in [0.29, 0.717) is 69.4 Å². The molecule has 4 aliphatic rings. The number of carbonyl (C=O) groups is 2. The van der Waals surface area contributed by atoms with Crippen LogP contribution >= 0.6 is 11.3 Å². The van der Waals surface area contributed by atoms with Gasteiger partial charge >= 0.3 is 5.97 Å². The third-order valence-corrected chi connectivity index (χ3v) is 14.4. The first kappa shape index (κ1) is 41.0. The van der Waals surface area contributed by atoms with Crippen molar-refractivity contribution in [2.45, 2.75) is 110 Å². The Morgan fingerprint density at radius 2 is 1.93 bits per heavy atom. The predicted molar refractivity (Wildman–Crippen MR) is 227 cm³/mol. The molecule has 8 rings (SSSR count). The van der Waals surface area contributed by atoms with Gasteiger partial charge in [0, 0.05) is 71.2 Å². The SMILES string of the molecule is CCn1c(-c2cc(C3(O)CCNCC3)cnc2[C@H](C)OC)c2c3cc(ccc31)-c1csc(n1)C[C@H](NCC1[C@@H](C)[C@H]1C)C(=O)N1CCC[C@H](N1)C(=O)OCC(C)(C)C2. The first-order chi connectivity index (χ1) is 27.8. The van der Waals surface area contributed by atoms with Gasteiger partial charge in [0.25, 0.3) is 5.91 Å². The number of methoxy groups -OCH3 is 1. The molecule has 13 heteroatoms. The van der Waals surface area contributed by atoms with E-state index >= 15 is 0 Å². The number of hydrogen-bond donors (Lipinski definition) is 4. The number of carbonyl (C=O) groups excluding carboxylic acids is 2. The first-order valence-corrected chi connectivity index (χ1v) is 22.2. The summed E-state index contributed by atoms with van der Waals surface area (Å²) in [6, 6.07) is 7.63. The number of amides is 1. The van der Waals surface area contributed by atoms with Gasteiger partial charge in [-0.2, -0.15) is 0 Å². The van der Waals surface area contributed by atoms with Gasteiger partial charge in [-0.15, -0.1) is 11.3 Å². The number of aryl methyl sites for hydroxylation is 1. The van der Waals surface area contributed by atoms with Crippen LogP contribution in [0.3, 0.4) is 0 Å². The number of piperidine rings is 1. The zero-order chi connectivity index (χ0) is 40.9. The van der Waals surface area contributed by atoms with Gasteiger partial charge in [-0.25, -0.2) is 10.4 Å². The molecule has 2 saturated heterocycles. The number of fused-ring (bicyclic) bond motifs is 6. The summed E-state index contributed by atoms with van der Waals surface area (Å²) in [5.41, 5.74) is 9.46. The summed E-state index contributed by atoms with van der Waals surface area (Å²) in [4.78, 5) is 38.2. The summed E-state index contributed by atoms with van der Waals surface area (Å²) in [6.07, 6.45) is 5.08. The Hall–Kier alpha value is -3.72.